The summed E-state index contributed by atoms with van der Waals surface area (Å²) in [7, 11) is 0. The first-order valence-corrected chi connectivity index (χ1v) is 5.05. The minimum atomic E-state index is -5.12. The van der Waals surface area contributed by atoms with Crippen LogP contribution < -0.4 is 4.74 Å². The highest BCUT2D eigenvalue weighted by Crippen LogP contribution is 2.36. The summed E-state index contributed by atoms with van der Waals surface area (Å²) in [6.07, 6.45) is -7.87. The van der Waals surface area contributed by atoms with E-state index in [0.717, 1.165) is 0 Å². The van der Waals surface area contributed by atoms with Gasteiger partial charge in [-0.1, -0.05) is 0 Å². The summed E-state index contributed by atoms with van der Waals surface area (Å²) in [4.78, 5) is 3.44. The van der Waals surface area contributed by atoms with Gasteiger partial charge < -0.3 is 9.84 Å². The normalized spacial score (nSPS) is 12.0. The predicted molar refractivity (Wildman–Crippen MR) is 51.4 cm³/mol. The number of aliphatic hydroxyl groups excluding tert-OH is 1. The Labute approximate surface area is 103 Å². The van der Waals surface area contributed by atoms with Crippen LogP contribution in [0.1, 0.15) is 23.2 Å². The zero-order valence-electron chi connectivity index (χ0n) is 8.64. The molecule has 9 heteroatoms. The number of ether oxygens (including phenoxy) is 1. The number of hydrogen-bond acceptors (Lipinski definition) is 3. The van der Waals surface area contributed by atoms with Crippen LogP contribution in [-0.4, -0.2) is 16.5 Å². The Morgan fingerprint density at radius 2 is 2.00 bits per heavy atom. The Bertz CT molecular complexity index is 424. The van der Waals surface area contributed by atoms with E-state index in [9.17, 15) is 22.0 Å². The van der Waals surface area contributed by atoms with Gasteiger partial charge in [0.25, 0.3) is 6.43 Å². The first kappa shape index (κ1) is 14.9. The van der Waals surface area contributed by atoms with E-state index in [1.54, 1.807) is 0 Å². The lowest BCUT2D eigenvalue weighted by atomic mass is 10.1. The molecule has 1 heterocycles. The monoisotopic (exact) mass is 291 g/mol. The zero-order valence-corrected chi connectivity index (χ0v) is 9.40. The Morgan fingerprint density at radius 3 is 2.39 bits per heavy atom. The summed E-state index contributed by atoms with van der Waals surface area (Å²) in [5.74, 6) is -1.46. The van der Waals surface area contributed by atoms with E-state index < -0.39 is 36.3 Å². The number of alkyl halides is 6. The van der Waals surface area contributed by atoms with Gasteiger partial charge in [0.05, 0.1) is 29.9 Å². The van der Waals surface area contributed by atoms with Crippen LogP contribution in [0.25, 0.3) is 0 Å². The number of rotatable bonds is 4. The molecule has 0 aliphatic heterocycles. The lowest BCUT2D eigenvalue weighted by Crippen LogP contribution is -2.19. The summed E-state index contributed by atoms with van der Waals surface area (Å²) in [6, 6.07) is 0. The van der Waals surface area contributed by atoms with Gasteiger partial charge in [-0.15, -0.1) is 24.8 Å². The third-order valence-electron chi connectivity index (χ3n) is 2.01. The van der Waals surface area contributed by atoms with Crippen LogP contribution in [-0.2, 0) is 12.5 Å². The molecule has 0 amide bonds. The number of pyridine rings is 1. The van der Waals surface area contributed by atoms with Crippen LogP contribution >= 0.6 is 11.6 Å². The molecule has 0 aliphatic rings. The molecule has 0 unspecified atom stereocenters. The molecule has 3 nitrogen and oxygen atoms in total. The van der Waals surface area contributed by atoms with Gasteiger partial charge in [0, 0.05) is 5.56 Å². The third kappa shape index (κ3) is 3.42. The topological polar surface area (TPSA) is 42.4 Å². The molecule has 0 spiro atoms. The standard InChI is InChI=1S/C9H7ClF5NO2/c10-1-5-4(3-17)7(8(11)12)6(2-16-5)18-9(13,14)15/h2,8,17H,1,3H2. The van der Waals surface area contributed by atoms with Crippen LogP contribution in [0.4, 0.5) is 22.0 Å². The van der Waals surface area contributed by atoms with E-state index in [1.807, 2.05) is 0 Å². The van der Waals surface area contributed by atoms with Crippen molar-refractivity contribution in [3.05, 3.63) is 23.0 Å². The molecular formula is C9H7ClF5NO2. The molecule has 0 bridgehead atoms. The smallest absolute Gasteiger partial charge is 0.404 e. The number of hydrogen-bond donors (Lipinski definition) is 1. The van der Waals surface area contributed by atoms with E-state index in [1.165, 1.54) is 0 Å². The summed E-state index contributed by atoms with van der Waals surface area (Å²) in [5.41, 5.74) is -1.63. The maximum Gasteiger partial charge on any atom is 0.573 e. The van der Waals surface area contributed by atoms with E-state index in [4.69, 9.17) is 16.7 Å². The van der Waals surface area contributed by atoms with E-state index in [2.05, 4.69) is 9.72 Å². The number of aliphatic hydroxyl groups is 1. The van der Waals surface area contributed by atoms with Crippen LogP contribution in [0.5, 0.6) is 5.75 Å². The summed E-state index contributed by atoms with van der Waals surface area (Å²) >= 11 is 5.39. The summed E-state index contributed by atoms with van der Waals surface area (Å²) in [6.45, 7) is -0.913. The molecule has 1 aromatic heterocycles. The fourth-order valence-electron chi connectivity index (χ4n) is 1.33. The molecule has 18 heavy (non-hydrogen) atoms. The highest BCUT2D eigenvalue weighted by atomic mass is 35.5. The Morgan fingerprint density at radius 1 is 1.39 bits per heavy atom. The molecule has 102 valence electrons. The minimum absolute atomic E-state index is 0.121. The fraction of sp³-hybridized carbons (Fsp3) is 0.444. The SMILES string of the molecule is OCc1c(CCl)ncc(OC(F)(F)F)c1C(F)F. The first-order valence-electron chi connectivity index (χ1n) is 4.51. The number of nitrogens with zero attached hydrogens (tertiary/aromatic N) is 1. The molecule has 0 saturated heterocycles. The molecule has 1 rings (SSSR count). The molecule has 0 radical (unpaired) electrons. The first-order chi connectivity index (χ1) is 8.30. The van der Waals surface area contributed by atoms with Crippen molar-refractivity contribution in [2.24, 2.45) is 0 Å². The van der Waals surface area contributed by atoms with E-state index >= 15 is 0 Å². The Kier molecular flexibility index (Phi) is 4.69. The van der Waals surface area contributed by atoms with Crippen molar-refractivity contribution in [2.75, 3.05) is 0 Å². The second-order valence-corrected chi connectivity index (χ2v) is 3.37. The highest BCUT2D eigenvalue weighted by Gasteiger charge is 2.34. The van der Waals surface area contributed by atoms with Crippen molar-refractivity contribution >= 4 is 11.6 Å². The van der Waals surface area contributed by atoms with Crippen LogP contribution in [0.3, 0.4) is 0 Å². The van der Waals surface area contributed by atoms with Crippen molar-refractivity contribution in [3.8, 4) is 5.75 Å². The van der Waals surface area contributed by atoms with Gasteiger partial charge in [0.2, 0.25) is 0 Å². The zero-order chi connectivity index (χ0) is 13.9. The molecule has 0 saturated carbocycles. The minimum Gasteiger partial charge on any atom is -0.404 e. The maximum atomic E-state index is 12.7. The molecule has 0 aliphatic carbocycles. The molecular weight excluding hydrogens is 285 g/mol. The largest absolute Gasteiger partial charge is 0.573 e. The second-order valence-electron chi connectivity index (χ2n) is 3.10. The van der Waals surface area contributed by atoms with Crippen LogP contribution in [0.2, 0.25) is 0 Å². The second kappa shape index (κ2) is 5.66. The molecule has 0 aromatic carbocycles. The number of aromatic nitrogens is 1. The van der Waals surface area contributed by atoms with Crippen molar-refractivity contribution < 1.29 is 31.8 Å². The average molecular weight is 292 g/mol. The Balaban J connectivity index is 3.35. The van der Waals surface area contributed by atoms with Crippen molar-refractivity contribution in [1.82, 2.24) is 4.98 Å². The van der Waals surface area contributed by atoms with Gasteiger partial charge in [-0.2, -0.15) is 0 Å². The lowest BCUT2D eigenvalue weighted by molar-refractivity contribution is -0.275. The van der Waals surface area contributed by atoms with Crippen LogP contribution in [0.15, 0.2) is 6.20 Å². The fourth-order valence-corrected chi connectivity index (χ4v) is 1.56. The van der Waals surface area contributed by atoms with Gasteiger partial charge in [-0.05, 0) is 0 Å². The van der Waals surface area contributed by atoms with E-state index in [0.29, 0.717) is 6.20 Å². The lowest BCUT2D eigenvalue weighted by Gasteiger charge is -2.16. The molecule has 0 atom stereocenters. The average Bonchev–Trinajstić information content (AvgIpc) is 2.25. The molecule has 0 fully saturated rings. The van der Waals surface area contributed by atoms with Crippen molar-refractivity contribution in [1.29, 1.82) is 0 Å². The van der Waals surface area contributed by atoms with Gasteiger partial charge in [0.1, 0.15) is 0 Å². The van der Waals surface area contributed by atoms with Crippen LogP contribution in [0, 0.1) is 0 Å². The van der Waals surface area contributed by atoms with Gasteiger partial charge in [-0.25, -0.2) is 8.78 Å². The van der Waals surface area contributed by atoms with Gasteiger partial charge in [-0.3, -0.25) is 4.98 Å². The number of halogens is 6. The van der Waals surface area contributed by atoms with Gasteiger partial charge in [0.15, 0.2) is 5.75 Å². The Hall–Kier alpha value is -1.15. The van der Waals surface area contributed by atoms with Crippen molar-refractivity contribution in [2.45, 2.75) is 25.3 Å². The highest BCUT2D eigenvalue weighted by molar-refractivity contribution is 6.17. The van der Waals surface area contributed by atoms with E-state index in [-0.39, 0.29) is 11.6 Å². The third-order valence-corrected chi connectivity index (χ3v) is 2.26. The molecule has 1 N–H and O–H groups in total. The maximum absolute atomic E-state index is 12.7. The summed E-state index contributed by atoms with van der Waals surface area (Å²) < 4.78 is 65.0. The van der Waals surface area contributed by atoms with Crippen molar-refractivity contribution in [3.63, 3.8) is 0 Å². The summed E-state index contributed by atoms with van der Waals surface area (Å²) in [5, 5.41) is 8.93. The quantitative estimate of drug-likeness (QED) is 0.684. The molecule has 1 aromatic rings. The predicted octanol–water partition coefficient (Wildman–Crippen LogP) is 3.15. The van der Waals surface area contributed by atoms with Gasteiger partial charge >= 0.3 is 6.36 Å².